The molecule has 3 aliphatic rings. The highest BCUT2D eigenvalue weighted by atomic mass is 15.3. The molecule has 1 aromatic carbocycles. The predicted molar refractivity (Wildman–Crippen MR) is 86.6 cm³/mol. The van der Waals surface area contributed by atoms with Gasteiger partial charge >= 0.3 is 0 Å². The van der Waals surface area contributed by atoms with Crippen molar-refractivity contribution < 1.29 is 0 Å². The molecule has 0 bridgehead atoms. The van der Waals surface area contributed by atoms with Crippen LogP contribution in [0.4, 0.5) is 0 Å². The lowest BCUT2D eigenvalue weighted by Crippen LogP contribution is -2.61. The summed E-state index contributed by atoms with van der Waals surface area (Å²) < 4.78 is 0. The van der Waals surface area contributed by atoms with E-state index in [1.807, 2.05) is 0 Å². The maximum atomic E-state index is 3.40. The molecule has 1 N–H and O–H groups in total. The molecule has 4 rings (SSSR count). The molecule has 2 heterocycles. The first-order valence-corrected chi connectivity index (χ1v) is 8.60. The van der Waals surface area contributed by atoms with Crippen LogP contribution in [0, 0.1) is 0 Å². The third kappa shape index (κ3) is 2.52. The Labute approximate surface area is 128 Å². The SMILES string of the molecule is CC1CCC(N2CCN(C3CNC3)CC2)c2ccccc21. The number of fused-ring (bicyclic) bond motifs is 1. The van der Waals surface area contributed by atoms with Crippen LogP contribution < -0.4 is 5.32 Å². The van der Waals surface area contributed by atoms with Crippen molar-refractivity contribution in [3.63, 3.8) is 0 Å². The van der Waals surface area contributed by atoms with Crippen LogP contribution >= 0.6 is 0 Å². The van der Waals surface area contributed by atoms with Gasteiger partial charge in [0.15, 0.2) is 0 Å². The Morgan fingerprint density at radius 1 is 0.905 bits per heavy atom. The third-order valence-electron chi connectivity index (χ3n) is 5.82. The molecule has 0 radical (unpaired) electrons. The van der Waals surface area contributed by atoms with E-state index in [1.165, 1.54) is 52.1 Å². The van der Waals surface area contributed by atoms with Crippen molar-refractivity contribution in [1.82, 2.24) is 15.1 Å². The van der Waals surface area contributed by atoms with Crippen LogP contribution in [0.2, 0.25) is 0 Å². The van der Waals surface area contributed by atoms with E-state index < -0.39 is 0 Å². The van der Waals surface area contributed by atoms with Gasteiger partial charge in [0.1, 0.15) is 0 Å². The Bertz CT molecular complexity index is 489. The second kappa shape index (κ2) is 5.71. The van der Waals surface area contributed by atoms with E-state index in [0.717, 1.165) is 12.0 Å². The number of hydrogen-bond donors (Lipinski definition) is 1. The number of nitrogens with one attached hydrogen (secondary N) is 1. The molecule has 0 saturated carbocycles. The van der Waals surface area contributed by atoms with Crippen molar-refractivity contribution in [2.24, 2.45) is 0 Å². The van der Waals surface area contributed by atoms with Crippen LogP contribution in [0.25, 0.3) is 0 Å². The first-order chi connectivity index (χ1) is 10.3. The Morgan fingerprint density at radius 2 is 1.57 bits per heavy atom. The predicted octanol–water partition coefficient (Wildman–Crippen LogP) is 2.21. The Balaban J connectivity index is 1.46. The molecule has 3 heteroatoms. The van der Waals surface area contributed by atoms with Crippen LogP contribution in [0.1, 0.15) is 42.9 Å². The molecule has 21 heavy (non-hydrogen) atoms. The van der Waals surface area contributed by atoms with Crippen LogP contribution in [-0.2, 0) is 0 Å². The molecule has 2 unspecified atom stereocenters. The van der Waals surface area contributed by atoms with Gasteiger partial charge in [0.25, 0.3) is 0 Å². The number of hydrogen-bond acceptors (Lipinski definition) is 3. The molecule has 0 amide bonds. The van der Waals surface area contributed by atoms with Crippen molar-refractivity contribution in [2.75, 3.05) is 39.3 Å². The molecule has 0 spiro atoms. The average molecular weight is 285 g/mol. The number of piperazine rings is 1. The van der Waals surface area contributed by atoms with Gasteiger partial charge in [-0.25, -0.2) is 0 Å². The van der Waals surface area contributed by atoms with Crippen molar-refractivity contribution in [2.45, 2.75) is 37.8 Å². The minimum Gasteiger partial charge on any atom is -0.314 e. The van der Waals surface area contributed by atoms with Gasteiger partial charge in [0.2, 0.25) is 0 Å². The molecule has 2 atom stereocenters. The Hall–Kier alpha value is -0.900. The topological polar surface area (TPSA) is 18.5 Å². The summed E-state index contributed by atoms with van der Waals surface area (Å²) in [6.45, 7) is 9.76. The fourth-order valence-electron chi connectivity index (χ4n) is 4.31. The standard InChI is InChI=1S/C18H27N3/c1-14-6-7-18(17-5-3-2-4-16(14)17)21-10-8-20(9-11-21)15-12-19-13-15/h2-5,14-15,18-19H,6-13H2,1H3. The highest BCUT2D eigenvalue weighted by Crippen LogP contribution is 2.40. The summed E-state index contributed by atoms with van der Waals surface area (Å²) in [7, 11) is 0. The van der Waals surface area contributed by atoms with Gasteiger partial charge < -0.3 is 5.32 Å². The summed E-state index contributed by atoms with van der Waals surface area (Å²) in [6, 6.07) is 10.6. The lowest BCUT2D eigenvalue weighted by Gasteiger charge is -2.46. The second-order valence-electron chi connectivity index (χ2n) is 7.01. The van der Waals surface area contributed by atoms with Crippen molar-refractivity contribution in [3.8, 4) is 0 Å². The molecular formula is C18H27N3. The molecule has 0 aromatic heterocycles. The minimum absolute atomic E-state index is 0.666. The van der Waals surface area contributed by atoms with E-state index in [9.17, 15) is 0 Å². The van der Waals surface area contributed by atoms with Gasteiger partial charge in [-0.05, 0) is 29.9 Å². The third-order valence-corrected chi connectivity index (χ3v) is 5.82. The first-order valence-electron chi connectivity index (χ1n) is 8.60. The Kier molecular flexibility index (Phi) is 3.74. The zero-order valence-corrected chi connectivity index (χ0v) is 13.1. The van der Waals surface area contributed by atoms with E-state index in [1.54, 1.807) is 11.1 Å². The fourth-order valence-corrected chi connectivity index (χ4v) is 4.31. The molecule has 3 nitrogen and oxygen atoms in total. The van der Waals surface area contributed by atoms with Gasteiger partial charge in [-0.2, -0.15) is 0 Å². The Morgan fingerprint density at radius 3 is 2.24 bits per heavy atom. The molecule has 2 fully saturated rings. The first kappa shape index (κ1) is 13.7. The molecular weight excluding hydrogens is 258 g/mol. The lowest BCUT2D eigenvalue weighted by atomic mass is 9.80. The molecule has 1 aliphatic carbocycles. The second-order valence-corrected chi connectivity index (χ2v) is 7.01. The van der Waals surface area contributed by atoms with Crippen LogP contribution in [0.15, 0.2) is 24.3 Å². The number of nitrogens with zero attached hydrogens (tertiary/aromatic N) is 2. The molecule has 1 aromatic rings. The van der Waals surface area contributed by atoms with E-state index in [2.05, 4.69) is 46.3 Å². The quantitative estimate of drug-likeness (QED) is 0.899. The summed E-state index contributed by atoms with van der Waals surface area (Å²) in [6.07, 6.45) is 2.68. The zero-order valence-electron chi connectivity index (χ0n) is 13.1. The van der Waals surface area contributed by atoms with Crippen molar-refractivity contribution in [1.29, 1.82) is 0 Å². The van der Waals surface area contributed by atoms with Gasteiger partial charge in [0.05, 0.1) is 0 Å². The summed E-state index contributed by atoms with van der Waals surface area (Å²) in [5.41, 5.74) is 3.20. The minimum atomic E-state index is 0.666. The van der Waals surface area contributed by atoms with Crippen molar-refractivity contribution >= 4 is 0 Å². The van der Waals surface area contributed by atoms with Crippen LogP contribution in [0.3, 0.4) is 0 Å². The van der Waals surface area contributed by atoms with Crippen LogP contribution in [0.5, 0.6) is 0 Å². The largest absolute Gasteiger partial charge is 0.314 e. The number of benzene rings is 1. The zero-order chi connectivity index (χ0) is 14.2. The maximum absolute atomic E-state index is 3.40. The maximum Gasteiger partial charge on any atom is 0.0352 e. The summed E-state index contributed by atoms with van der Waals surface area (Å²) in [5, 5.41) is 3.40. The fraction of sp³-hybridized carbons (Fsp3) is 0.667. The monoisotopic (exact) mass is 285 g/mol. The normalized spacial score (nSPS) is 31.7. The van der Waals surface area contributed by atoms with E-state index in [4.69, 9.17) is 0 Å². The lowest BCUT2D eigenvalue weighted by molar-refractivity contribution is 0.0462. The van der Waals surface area contributed by atoms with Crippen molar-refractivity contribution in [3.05, 3.63) is 35.4 Å². The highest BCUT2D eigenvalue weighted by molar-refractivity contribution is 5.35. The summed E-state index contributed by atoms with van der Waals surface area (Å²) >= 11 is 0. The summed E-state index contributed by atoms with van der Waals surface area (Å²) in [5.74, 6) is 0.736. The number of rotatable bonds is 2. The van der Waals surface area contributed by atoms with Gasteiger partial charge in [0, 0.05) is 51.4 Å². The average Bonchev–Trinajstić information content (AvgIpc) is 2.47. The molecule has 2 aliphatic heterocycles. The van der Waals surface area contributed by atoms with Gasteiger partial charge in [-0.1, -0.05) is 31.2 Å². The van der Waals surface area contributed by atoms with Gasteiger partial charge in [-0.3, -0.25) is 9.80 Å². The summed E-state index contributed by atoms with van der Waals surface area (Å²) in [4.78, 5) is 5.43. The molecule has 2 saturated heterocycles. The van der Waals surface area contributed by atoms with E-state index in [0.29, 0.717) is 6.04 Å². The highest BCUT2D eigenvalue weighted by Gasteiger charge is 2.33. The smallest absolute Gasteiger partial charge is 0.0352 e. The van der Waals surface area contributed by atoms with Gasteiger partial charge in [-0.15, -0.1) is 0 Å². The van der Waals surface area contributed by atoms with Crippen LogP contribution in [-0.4, -0.2) is 55.1 Å². The molecule has 114 valence electrons. The van der Waals surface area contributed by atoms with E-state index >= 15 is 0 Å². The van der Waals surface area contributed by atoms with E-state index in [-0.39, 0.29) is 0 Å².